The number of aliphatic hydroxyl groups is 1. The number of carbonyl (C=O) groups is 2. The van der Waals surface area contributed by atoms with Crippen molar-refractivity contribution >= 4 is 12.1 Å². The molecule has 0 saturated carbocycles. The van der Waals surface area contributed by atoms with Crippen LogP contribution in [0.3, 0.4) is 0 Å². The van der Waals surface area contributed by atoms with Gasteiger partial charge in [-0.25, -0.2) is 14.0 Å². The number of halogens is 1. The summed E-state index contributed by atoms with van der Waals surface area (Å²) < 4.78 is 22.8. The summed E-state index contributed by atoms with van der Waals surface area (Å²) in [7, 11) is 1.45. The van der Waals surface area contributed by atoms with Crippen LogP contribution in [-0.2, 0) is 14.3 Å². The Labute approximate surface area is 137 Å². The maximum absolute atomic E-state index is 12.6. The molecule has 0 radical (unpaired) electrons. The first-order valence-electron chi connectivity index (χ1n) is 7.85. The summed E-state index contributed by atoms with van der Waals surface area (Å²) in [5, 5.41) is 8.95. The van der Waals surface area contributed by atoms with Crippen LogP contribution in [0.1, 0.15) is 47.5 Å². The Morgan fingerprint density at radius 3 is 2.17 bits per heavy atom. The molecule has 0 rings (SSSR count). The number of esters is 1. The Kier molecular flexibility index (Phi) is 9.12. The third-order valence-electron chi connectivity index (χ3n) is 3.10. The summed E-state index contributed by atoms with van der Waals surface area (Å²) in [6.45, 7) is 7.59. The summed E-state index contributed by atoms with van der Waals surface area (Å²) in [6, 6.07) is -0.882. The average Bonchev–Trinajstić information content (AvgIpc) is 2.42. The summed E-state index contributed by atoms with van der Waals surface area (Å²) in [5.74, 6) is -0.414. The maximum atomic E-state index is 12.6. The van der Waals surface area contributed by atoms with Crippen LogP contribution in [-0.4, -0.2) is 60.1 Å². The van der Waals surface area contributed by atoms with E-state index in [9.17, 15) is 14.0 Å². The molecule has 1 N–H and O–H groups in total. The molecule has 136 valence electrons. The van der Waals surface area contributed by atoms with Crippen molar-refractivity contribution in [1.82, 2.24) is 4.90 Å². The van der Waals surface area contributed by atoms with Crippen LogP contribution in [0, 0.1) is 5.92 Å². The minimum Gasteiger partial charge on any atom is -0.456 e. The smallest absolute Gasteiger partial charge is 0.410 e. The van der Waals surface area contributed by atoms with Gasteiger partial charge in [-0.1, -0.05) is 13.8 Å². The third kappa shape index (κ3) is 8.74. The monoisotopic (exact) mass is 335 g/mol. The lowest BCUT2D eigenvalue weighted by Crippen LogP contribution is -2.46. The predicted octanol–water partition coefficient (Wildman–Crippen LogP) is 2.53. The van der Waals surface area contributed by atoms with Crippen molar-refractivity contribution in [2.75, 3.05) is 20.3 Å². The number of rotatable bonds is 8. The second-order valence-corrected chi connectivity index (χ2v) is 6.97. The van der Waals surface area contributed by atoms with Gasteiger partial charge in [-0.15, -0.1) is 0 Å². The van der Waals surface area contributed by atoms with Crippen LogP contribution in [0.2, 0.25) is 0 Å². The van der Waals surface area contributed by atoms with E-state index in [1.807, 2.05) is 13.8 Å². The van der Waals surface area contributed by atoms with Crippen molar-refractivity contribution < 1.29 is 28.6 Å². The number of hydrogen-bond acceptors (Lipinski definition) is 5. The van der Waals surface area contributed by atoms with Gasteiger partial charge in [0.05, 0.1) is 6.61 Å². The van der Waals surface area contributed by atoms with Crippen molar-refractivity contribution in [2.24, 2.45) is 5.92 Å². The summed E-state index contributed by atoms with van der Waals surface area (Å²) in [4.78, 5) is 25.6. The van der Waals surface area contributed by atoms with Gasteiger partial charge in [0.2, 0.25) is 0 Å². The topological polar surface area (TPSA) is 76.1 Å². The third-order valence-corrected chi connectivity index (χ3v) is 3.10. The quantitative estimate of drug-likeness (QED) is 0.690. The molecule has 0 heterocycles. The molecule has 0 aliphatic carbocycles. The fourth-order valence-electron chi connectivity index (χ4n) is 1.78. The van der Waals surface area contributed by atoms with Crippen molar-refractivity contribution in [3.05, 3.63) is 0 Å². The summed E-state index contributed by atoms with van der Waals surface area (Å²) in [6.07, 6.45) is -0.802. The van der Waals surface area contributed by atoms with Crippen LogP contribution in [0.5, 0.6) is 0 Å². The van der Waals surface area contributed by atoms with Gasteiger partial charge in [0.1, 0.15) is 18.3 Å². The number of likely N-dealkylation sites (N-methyl/N-ethyl adjacent to an activating group) is 1. The Morgan fingerprint density at radius 2 is 1.78 bits per heavy atom. The highest BCUT2D eigenvalue weighted by atomic mass is 19.1. The molecule has 7 heteroatoms. The van der Waals surface area contributed by atoms with Gasteiger partial charge < -0.3 is 14.6 Å². The molecule has 6 nitrogen and oxygen atoms in total. The van der Waals surface area contributed by atoms with Gasteiger partial charge in [0.25, 0.3) is 0 Å². The summed E-state index contributed by atoms with van der Waals surface area (Å²) in [5.41, 5.74) is -0.690. The largest absolute Gasteiger partial charge is 0.456 e. The summed E-state index contributed by atoms with van der Waals surface area (Å²) >= 11 is 0. The number of nitrogens with zero attached hydrogens (tertiary/aromatic N) is 1. The van der Waals surface area contributed by atoms with Crippen LogP contribution in [0.15, 0.2) is 0 Å². The van der Waals surface area contributed by atoms with E-state index in [2.05, 4.69) is 0 Å². The van der Waals surface area contributed by atoms with Crippen molar-refractivity contribution in [1.29, 1.82) is 0 Å². The van der Waals surface area contributed by atoms with Gasteiger partial charge in [0.15, 0.2) is 6.10 Å². The molecule has 2 atom stereocenters. The van der Waals surface area contributed by atoms with E-state index in [0.29, 0.717) is 18.8 Å². The SMILES string of the molecule is CC(C)CC[C@@H](C(=O)O[C@@H](CO)CF)N(C)C(=O)OC(C)(C)C. The number of carbonyl (C=O) groups excluding carboxylic acids is 2. The zero-order valence-electron chi connectivity index (χ0n) is 15.0. The molecule has 0 aliphatic rings. The van der Waals surface area contributed by atoms with Crippen molar-refractivity contribution in [3.63, 3.8) is 0 Å². The molecule has 23 heavy (non-hydrogen) atoms. The van der Waals surface area contributed by atoms with E-state index in [-0.39, 0.29) is 0 Å². The average molecular weight is 335 g/mol. The molecular weight excluding hydrogens is 305 g/mol. The lowest BCUT2D eigenvalue weighted by molar-refractivity contribution is -0.158. The Morgan fingerprint density at radius 1 is 1.22 bits per heavy atom. The molecule has 0 aromatic carbocycles. The van der Waals surface area contributed by atoms with E-state index in [1.54, 1.807) is 20.8 Å². The number of ether oxygens (including phenoxy) is 2. The molecule has 1 amide bonds. The fourth-order valence-corrected chi connectivity index (χ4v) is 1.78. The zero-order valence-corrected chi connectivity index (χ0v) is 15.0. The molecule has 0 aliphatic heterocycles. The second-order valence-electron chi connectivity index (χ2n) is 6.97. The molecule has 0 bridgehead atoms. The minimum absolute atomic E-state index is 0.326. The molecule has 0 saturated heterocycles. The number of amides is 1. The predicted molar refractivity (Wildman–Crippen MR) is 84.8 cm³/mol. The van der Waals surface area contributed by atoms with Gasteiger partial charge in [-0.05, 0) is 39.5 Å². The van der Waals surface area contributed by atoms with Crippen molar-refractivity contribution in [2.45, 2.75) is 65.2 Å². The molecule has 0 spiro atoms. The highest BCUT2D eigenvalue weighted by Gasteiger charge is 2.32. The molecule has 0 fully saturated rings. The Bertz CT molecular complexity index is 377. The Balaban J connectivity index is 5.03. The molecule has 0 unspecified atom stereocenters. The normalized spacial score (nSPS) is 14.3. The van der Waals surface area contributed by atoms with Crippen LogP contribution in [0.25, 0.3) is 0 Å². The number of alkyl halides is 1. The number of hydrogen-bond donors (Lipinski definition) is 1. The van der Waals surface area contributed by atoms with Crippen LogP contribution < -0.4 is 0 Å². The van der Waals surface area contributed by atoms with E-state index >= 15 is 0 Å². The van der Waals surface area contributed by atoms with Gasteiger partial charge in [-0.2, -0.15) is 0 Å². The first-order chi connectivity index (χ1) is 10.5. The second kappa shape index (κ2) is 9.70. The first kappa shape index (κ1) is 21.6. The van der Waals surface area contributed by atoms with Crippen molar-refractivity contribution in [3.8, 4) is 0 Å². The lowest BCUT2D eigenvalue weighted by atomic mass is 10.0. The molecule has 0 aromatic heterocycles. The highest BCUT2D eigenvalue weighted by Crippen LogP contribution is 2.17. The van der Waals surface area contributed by atoms with Gasteiger partial charge in [-0.3, -0.25) is 4.90 Å². The van der Waals surface area contributed by atoms with E-state index < -0.39 is 43.1 Å². The van der Waals surface area contributed by atoms with E-state index in [0.717, 1.165) is 0 Å². The zero-order chi connectivity index (χ0) is 18.2. The lowest BCUT2D eigenvalue weighted by Gasteiger charge is -2.30. The first-order valence-corrected chi connectivity index (χ1v) is 7.85. The van der Waals surface area contributed by atoms with Crippen LogP contribution >= 0.6 is 0 Å². The van der Waals surface area contributed by atoms with E-state index in [4.69, 9.17) is 14.6 Å². The van der Waals surface area contributed by atoms with Gasteiger partial charge >= 0.3 is 12.1 Å². The molecular formula is C16H30FNO5. The van der Waals surface area contributed by atoms with Crippen LogP contribution in [0.4, 0.5) is 9.18 Å². The highest BCUT2D eigenvalue weighted by molar-refractivity contribution is 5.81. The fraction of sp³-hybridized carbons (Fsp3) is 0.875. The number of aliphatic hydroxyl groups excluding tert-OH is 1. The minimum atomic E-state index is -1.21. The maximum Gasteiger partial charge on any atom is 0.410 e. The standard InChI is InChI=1S/C16H30FNO5/c1-11(2)7-8-13(14(20)22-12(9-17)10-19)18(6)15(21)23-16(3,4)5/h11-13,19H,7-10H2,1-6H3/t12-,13+/m1/s1. The molecule has 0 aromatic rings. The van der Waals surface area contributed by atoms with E-state index in [1.165, 1.54) is 11.9 Å². The Hall–Kier alpha value is -1.37. The van der Waals surface area contributed by atoms with Gasteiger partial charge in [0, 0.05) is 7.05 Å².